The summed E-state index contributed by atoms with van der Waals surface area (Å²) in [5.74, 6) is 0.950. The van der Waals surface area contributed by atoms with Crippen molar-refractivity contribution in [2.24, 2.45) is 5.73 Å². The molecule has 1 unspecified atom stereocenters. The second-order valence-electron chi connectivity index (χ2n) is 4.35. The highest BCUT2D eigenvalue weighted by molar-refractivity contribution is 5.91. The van der Waals surface area contributed by atoms with Crippen LogP contribution in [0.4, 0.5) is 0 Å². The number of amides is 1. The first kappa shape index (κ1) is 12.1. The van der Waals surface area contributed by atoms with E-state index < -0.39 is 0 Å². The number of ether oxygens (including phenoxy) is 1. The summed E-state index contributed by atoms with van der Waals surface area (Å²) in [6.45, 7) is 1.75. The van der Waals surface area contributed by atoms with Gasteiger partial charge in [-0.2, -0.15) is 0 Å². The van der Waals surface area contributed by atoms with Crippen LogP contribution in [-0.2, 0) is 11.3 Å². The van der Waals surface area contributed by atoms with E-state index in [1.165, 1.54) is 0 Å². The van der Waals surface area contributed by atoms with E-state index in [2.05, 4.69) is 0 Å². The van der Waals surface area contributed by atoms with Crippen LogP contribution in [0, 0.1) is 0 Å². The molecule has 1 aromatic heterocycles. The molecule has 1 saturated heterocycles. The average Bonchev–Trinajstić information content (AvgIpc) is 2.77. The molecule has 2 N–H and O–H groups in total. The molecular formula is C12H18N2O3. The van der Waals surface area contributed by atoms with Gasteiger partial charge >= 0.3 is 0 Å². The summed E-state index contributed by atoms with van der Waals surface area (Å²) in [6, 6.07) is 3.54. The minimum Gasteiger partial charge on any atom is -0.453 e. The quantitative estimate of drug-likeness (QED) is 0.852. The van der Waals surface area contributed by atoms with Crippen LogP contribution in [0.2, 0.25) is 0 Å². The first-order valence-electron chi connectivity index (χ1n) is 5.83. The van der Waals surface area contributed by atoms with Crippen molar-refractivity contribution in [3.63, 3.8) is 0 Å². The van der Waals surface area contributed by atoms with Crippen molar-refractivity contribution >= 4 is 5.91 Å². The van der Waals surface area contributed by atoms with Crippen LogP contribution < -0.4 is 5.73 Å². The maximum absolute atomic E-state index is 12.1. The molecule has 17 heavy (non-hydrogen) atoms. The highest BCUT2D eigenvalue weighted by atomic mass is 16.5. The number of nitrogens with two attached hydrogens (primary N) is 1. The number of hydrogen-bond acceptors (Lipinski definition) is 4. The number of piperidine rings is 1. The molecule has 2 rings (SSSR count). The zero-order chi connectivity index (χ0) is 12.3. The van der Waals surface area contributed by atoms with Gasteiger partial charge < -0.3 is 19.8 Å². The molecule has 5 nitrogen and oxygen atoms in total. The Morgan fingerprint density at radius 1 is 1.65 bits per heavy atom. The van der Waals surface area contributed by atoms with Crippen molar-refractivity contribution in [1.82, 2.24) is 4.90 Å². The van der Waals surface area contributed by atoms with Gasteiger partial charge in [0, 0.05) is 26.2 Å². The lowest BCUT2D eigenvalue weighted by molar-refractivity contribution is 0.0669. The molecule has 1 amide bonds. The fourth-order valence-electron chi connectivity index (χ4n) is 2.06. The summed E-state index contributed by atoms with van der Waals surface area (Å²) >= 11 is 0. The van der Waals surface area contributed by atoms with Gasteiger partial charge in [0.05, 0.1) is 0 Å². The van der Waals surface area contributed by atoms with Crippen molar-refractivity contribution in [3.8, 4) is 0 Å². The van der Waals surface area contributed by atoms with E-state index in [-0.39, 0.29) is 11.9 Å². The zero-order valence-electron chi connectivity index (χ0n) is 10.0. The van der Waals surface area contributed by atoms with Crippen molar-refractivity contribution in [2.75, 3.05) is 20.2 Å². The largest absolute Gasteiger partial charge is 0.453 e. The van der Waals surface area contributed by atoms with E-state index in [0.29, 0.717) is 24.7 Å². The van der Waals surface area contributed by atoms with Crippen LogP contribution in [0.1, 0.15) is 29.2 Å². The molecular weight excluding hydrogens is 220 g/mol. The Labute approximate surface area is 101 Å². The summed E-state index contributed by atoms with van der Waals surface area (Å²) in [7, 11) is 1.59. The van der Waals surface area contributed by atoms with Gasteiger partial charge in [-0.1, -0.05) is 0 Å². The molecule has 0 bridgehead atoms. The highest BCUT2D eigenvalue weighted by Gasteiger charge is 2.24. The maximum atomic E-state index is 12.1. The lowest BCUT2D eigenvalue weighted by atomic mass is 10.1. The fourth-order valence-corrected chi connectivity index (χ4v) is 2.06. The predicted octanol–water partition coefficient (Wildman–Crippen LogP) is 0.989. The minimum absolute atomic E-state index is 0.0810. The molecule has 2 heterocycles. The van der Waals surface area contributed by atoms with E-state index in [1.807, 2.05) is 0 Å². The summed E-state index contributed by atoms with van der Waals surface area (Å²) in [5.41, 5.74) is 5.85. The molecule has 0 radical (unpaired) electrons. The van der Waals surface area contributed by atoms with Crippen LogP contribution in [0.25, 0.3) is 0 Å². The van der Waals surface area contributed by atoms with Gasteiger partial charge in [0.15, 0.2) is 5.76 Å². The van der Waals surface area contributed by atoms with Gasteiger partial charge in [0.25, 0.3) is 5.91 Å². The summed E-state index contributed by atoms with van der Waals surface area (Å²) in [6.07, 6.45) is 1.94. The number of carbonyl (C=O) groups is 1. The van der Waals surface area contributed by atoms with Crippen LogP contribution in [0.3, 0.4) is 0 Å². The molecule has 1 aliphatic rings. The maximum Gasteiger partial charge on any atom is 0.289 e. The van der Waals surface area contributed by atoms with Gasteiger partial charge in [0.1, 0.15) is 12.4 Å². The Bertz CT molecular complexity index is 389. The fraction of sp³-hybridized carbons (Fsp3) is 0.583. The lowest BCUT2D eigenvalue weighted by Crippen LogP contribution is -2.45. The molecule has 0 saturated carbocycles. The third kappa shape index (κ3) is 2.87. The number of methoxy groups -OCH3 is 1. The van der Waals surface area contributed by atoms with E-state index in [9.17, 15) is 4.79 Å². The van der Waals surface area contributed by atoms with Crippen molar-refractivity contribution < 1.29 is 13.9 Å². The van der Waals surface area contributed by atoms with Crippen LogP contribution >= 0.6 is 0 Å². The molecule has 94 valence electrons. The number of nitrogens with zero attached hydrogens (tertiary/aromatic N) is 1. The van der Waals surface area contributed by atoms with Gasteiger partial charge in [-0.3, -0.25) is 4.79 Å². The van der Waals surface area contributed by atoms with Crippen LogP contribution in [0.15, 0.2) is 16.5 Å². The number of furan rings is 1. The van der Waals surface area contributed by atoms with E-state index in [0.717, 1.165) is 19.4 Å². The number of rotatable bonds is 3. The Balaban J connectivity index is 2.02. The van der Waals surface area contributed by atoms with Gasteiger partial charge in [-0.25, -0.2) is 0 Å². The normalized spacial score (nSPS) is 20.6. The molecule has 5 heteroatoms. The van der Waals surface area contributed by atoms with Gasteiger partial charge in [-0.15, -0.1) is 0 Å². The third-order valence-electron chi connectivity index (χ3n) is 2.90. The number of hydrogen-bond donors (Lipinski definition) is 1. The topological polar surface area (TPSA) is 68.7 Å². The van der Waals surface area contributed by atoms with Gasteiger partial charge in [-0.05, 0) is 25.0 Å². The third-order valence-corrected chi connectivity index (χ3v) is 2.90. The summed E-state index contributed by atoms with van der Waals surface area (Å²) in [4.78, 5) is 13.9. The molecule has 0 aromatic carbocycles. The Kier molecular flexibility index (Phi) is 3.81. The van der Waals surface area contributed by atoms with E-state index >= 15 is 0 Å². The molecule has 0 spiro atoms. The first-order chi connectivity index (χ1) is 8.20. The number of carbonyl (C=O) groups excluding carboxylic acids is 1. The van der Waals surface area contributed by atoms with Crippen LogP contribution in [0.5, 0.6) is 0 Å². The Morgan fingerprint density at radius 2 is 2.47 bits per heavy atom. The van der Waals surface area contributed by atoms with Crippen molar-refractivity contribution in [3.05, 3.63) is 23.7 Å². The van der Waals surface area contributed by atoms with Crippen molar-refractivity contribution in [1.29, 1.82) is 0 Å². The number of likely N-dealkylation sites (tertiary alicyclic amines) is 1. The molecule has 1 aliphatic heterocycles. The zero-order valence-corrected chi connectivity index (χ0v) is 10.0. The second kappa shape index (κ2) is 5.33. The summed E-state index contributed by atoms with van der Waals surface area (Å²) < 4.78 is 10.4. The predicted molar refractivity (Wildman–Crippen MR) is 62.5 cm³/mol. The molecule has 1 fully saturated rings. The summed E-state index contributed by atoms with van der Waals surface area (Å²) in [5, 5.41) is 0. The average molecular weight is 238 g/mol. The second-order valence-corrected chi connectivity index (χ2v) is 4.35. The highest BCUT2D eigenvalue weighted by Crippen LogP contribution is 2.15. The standard InChI is InChI=1S/C12H18N2O3/c1-16-8-10-4-5-11(17-10)12(15)14-6-2-3-9(13)7-14/h4-5,9H,2-3,6-8,13H2,1H3. The van der Waals surface area contributed by atoms with E-state index in [1.54, 1.807) is 24.1 Å². The van der Waals surface area contributed by atoms with Crippen molar-refractivity contribution in [2.45, 2.75) is 25.5 Å². The van der Waals surface area contributed by atoms with E-state index in [4.69, 9.17) is 14.9 Å². The molecule has 1 aromatic rings. The lowest BCUT2D eigenvalue weighted by Gasteiger charge is -2.30. The monoisotopic (exact) mass is 238 g/mol. The SMILES string of the molecule is COCc1ccc(C(=O)N2CCCC(N)C2)o1. The van der Waals surface area contributed by atoms with Crippen LogP contribution in [-0.4, -0.2) is 37.0 Å². The molecule has 0 aliphatic carbocycles. The smallest absolute Gasteiger partial charge is 0.289 e. The minimum atomic E-state index is -0.0810. The first-order valence-corrected chi connectivity index (χ1v) is 5.83. The van der Waals surface area contributed by atoms with Gasteiger partial charge in [0.2, 0.25) is 0 Å². The Morgan fingerprint density at radius 3 is 3.18 bits per heavy atom. The molecule has 1 atom stereocenters. The Hall–Kier alpha value is -1.33.